The molecule has 11 heteroatoms. The number of carbonyl (C=O) groups is 4. The number of rotatable bonds is 0. The van der Waals surface area contributed by atoms with Crippen LogP contribution in [-0.4, -0.2) is 101 Å². The van der Waals surface area contributed by atoms with Crippen LogP contribution in [-0.2, 0) is 19.2 Å². The van der Waals surface area contributed by atoms with Crippen LogP contribution in [0.25, 0.3) is 0 Å². The van der Waals surface area contributed by atoms with Gasteiger partial charge in [-0.3, -0.25) is 19.2 Å². The molecular weight excluding hydrogens is 363 g/mol. The summed E-state index contributed by atoms with van der Waals surface area (Å²) in [6.07, 6.45) is 5.76. The van der Waals surface area contributed by atoms with Crippen LogP contribution < -0.4 is 11.5 Å². The first-order valence-corrected chi connectivity index (χ1v) is 7.00. The van der Waals surface area contributed by atoms with Gasteiger partial charge in [-0.15, -0.1) is 0 Å². The quantitative estimate of drug-likeness (QED) is 0.245. The molecule has 10 nitrogen and oxygen atoms in total. The monoisotopic (exact) mass is 394 g/mol. The number of hydrogen-bond acceptors (Lipinski definition) is 6. The average Bonchev–Trinajstić information content (AvgIpc) is 2.24. The molecule has 0 unspecified atom stereocenters. The van der Waals surface area contributed by atoms with Gasteiger partial charge in [0.1, 0.15) is 0 Å². The minimum absolute atomic E-state index is 0. The van der Waals surface area contributed by atoms with E-state index in [0.29, 0.717) is 0 Å². The molecule has 0 spiro atoms. The molecule has 0 aromatic carbocycles. The molecule has 0 bridgehead atoms. The molecular formula is C14H31KN2O8. The molecule has 1 aliphatic rings. The summed E-state index contributed by atoms with van der Waals surface area (Å²) in [6.45, 7) is 4.33. The van der Waals surface area contributed by atoms with E-state index in [0.717, 1.165) is 40.5 Å². The Morgan fingerprint density at radius 3 is 0.880 bits per heavy atom. The van der Waals surface area contributed by atoms with E-state index in [4.69, 9.17) is 51.1 Å². The molecule has 0 radical (unpaired) electrons. The maximum atomic E-state index is 9.00. The normalized spacial score (nSPS) is 12.9. The summed E-state index contributed by atoms with van der Waals surface area (Å²) in [5, 5.41) is 29.7. The van der Waals surface area contributed by atoms with E-state index in [9.17, 15) is 0 Å². The van der Waals surface area contributed by atoms with Crippen molar-refractivity contribution < 1.29 is 39.6 Å². The molecule has 0 saturated heterocycles. The Morgan fingerprint density at radius 1 is 0.640 bits per heavy atom. The van der Waals surface area contributed by atoms with E-state index in [1.54, 1.807) is 0 Å². The van der Waals surface area contributed by atoms with Crippen molar-refractivity contribution in [1.82, 2.24) is 0 Å². The van der Waals surface area contributed by atoms with Crippen molar-refractivity contribution in [1.29, 1.82) is 0 Å². The van der Waals surface area contributed by atoms with E-state index in [1.807, 2.05) is 0 Å². The van der Waals surface area contributed by atoms with Crippen LogP contribution in [0.3, 0.4) is 0 Å². The third-order valence-electron chi connectivity index (χ3n) is 1.78. The molecule has 1 rings (SSSR count). The Morgan fingerprint density at radius 2 is 0.800 bits per heavy atom. The molecule has 0 atom stereocenters. The van der Waals surface area contributed by atoms with Gasteiger partial charge in [0.15, 0.2) is 0 Å². The molecule has 0 aromatic rings. The van der Waals surface area contributed by atoms with E-state index in [1.165, 1.54) is 19.3 Å². The van der Waals surface area contributed by atoms with Gasteiger partial charge in [-0.2, -0.15) is 0 Å². The third kappa shape index (κ3) is 121. The Hall–Kier alpha value is -0.564. The van der Waals surface area contributed by atoms with Crippen LogP contribution in [0.5, 0.6) is 0 Å². The van der Waals surface area contributed by atoms with Gasteiger partial charge in [0, 0.05) is 27.7 Å². The third-order valence-corrected chi connectivity index (χ3v) is 1.78. The second-order valence-corrected chi connectivity index (χ2v) is 4.87. The Balaban J connectivity index is -0.0000000695. The van der Waals surface area contributed by atoms with Crippen LogP contribution in [0.15, 0.2) is 0 Å². The van der Waals surface area contributed by atoms with Crippen molar-refractivity contribution in [2.45, 2.75) is 65.5 Å². The van der Waals surface area contributed by atoms with Gasteiger partial charge in [0.25, 0.3) is 23.9 Å². The number of carboxylic acids is 4. The molecule has 0 aliphatic heterocycles. The fourth-order valence-corrected chi connectivity index (χ4v) is 1.21. The number of aliphatic carboxylic acids is 4. The number of hydrogen-bond donors (Lipinski definition) is 6. The van der Waals surface area contributed by atoms with Gasteiger partial charge in [0.05, 0.1) is 5.66 Å². The van der Waals surface area contributed by atoms with Gasteiger partial charge >= 0.3 is 51.4 Å². The molecule has 146 valence electrons. The Kier molecular flexibility index (Phi) is 33.3. The van der Waals surface area contributed by atoms with Crippen LogP contribution in [0.2, 0.25) is 0 Å². The number of carboxylic acid groups (broad SMARTS) is 4. The zero-order valence-corrected chi connectivity index (χ0v) is 14.6. The standard InChI is InChI=1S/C6H14N2.4C2H4O2.K.H/c7-6(8)4-2-1-3-5-6;4*1-2(3)4;;/h1-5,7-8H2;4*1H3,(H,3,4);;. The van der Waals surface area contributed by atoms with E-state index >= 15 is 0 Å². The molecule has 0 aromatic heterocycles. The van der Waals surface area contributed by atoms with Gasteiger partial charge in [-0.05, 0) is 12.8 Å². The summed E-state index contributed by atoms with van der Waals surface area (Å²) in [6, 6.07) is 0. The molecule has 1 aliphatic carbocycles. The summed E-state index contributed by atoms with van der Waals surface area (Å²) in [5.41, 5.74) is 11.0. The zero-order valence-electron chi connectivity index (χ0n) is 14.6. The topological polar surface area (TPSA) is 201 Å². The molecule has 0 amide bonds. The van der Waals surface area contributed by atoms with E-state index < -0.39 is 23.9 Å². The predicted octanol–water partition coefficient (Wildman–Crippen LogP) is 0.279. The van der Waals surface area contributed by atoms with Crippen LogP contribution >= 0.6 is 0 Å². The first kappa shape index (κ1) is 35.5. The fourth-order valence-electron chi connectivity index (χ4n) is 1.21. The fraction of sp³-hybridized carbons (Fsp3) is 0.714. The molecule has 25 heavy (non-hydrogen) atoms. The van der Waals surface area contributed by atoms with Crippen molar-refractivity contribution in [2.75, 3.05) is 0 Å². The van der Waals surface area contributed by atoms with Gasteiger partial charge in [-0.1, -0.05) is 19.3 Å². The summed E-state index contributed by atoms with van der Waals surface area (Å²) < 4.78 is 0. The van der Waals surface area contributed by atoms with Crippen LogP contribution in [0.1, 0.15) is 59.8 Å². The van der Waals surface area contributed by atoms with E-state index in [-0.39, 0.29) is 57.0 Å². The molecule has 8 N–H and O–H groups in total. The van der Waals surface area contributed by atoms with Crippen molar-refractivity contribution >= 4 is 75.3 Å². The second-order valence-electron chi connectivity index (χ2n) is 4.87. The van der Waals surface area contributed by atoms with Crippen LogP contribution in [0, 0.1) is 0 Å². The summed E-state index contributed by atoms with van der Waals surface area (Å²) in [5.74, 6) is -3.33. The SMILES string of the molecule is CC(=O)O.CC(=O)O.CC(=O)O.CC(=O)O.NC1(N)CCCCC1.[KH]. The zero-order chi connectivity index (χ0) is 20.3. The van der Waals surface area contributed by atoms with Crippen molar-refractivity contribution in [2.24, 2.45) is 11.5 Å². The van der Waals surface area contributed by atoms with Gasteiger partial charge < -0.3 is 31.9 Å². The second kappa shape index (κ2) is 23.4. The molecule has 1 fully saturated rings. The summed E-state index contributed by atoms with van der Waals surface area (Å²) in [7, 11) is 0. The van der Waals surface area contributed by atoms with Crippen molar-refractivity contribution in [3.05, 3.63) is 0 Å². The summed E-state index contributed by atoms with van der Waals surface area (Å²) >= 11 is 0. The van der Waals surface area contributed by atoms with Gasteiger partial charge in [0.2, 0.25) is 0 Å². The first-order valence-electron chi connectivity index (χ1n) is 7.00. The Bertz CT molecular complexity index is 304. The molecule has 1 saturated carbocycles. The van der Waals surface area contributed by atoms with Crippen LogP contribution in [0.4, 0.5) is 0 Å². The first-order chi connectivity index (χ1) is 10.6. The van der Waals surface area contributed by atoms with E-state index in [2.05, 4.69) is 0 Å². The molecule has 0 heterocycles. The predicted molar refractivity (Wildman–Crippen MR) is 94.6 cm³/mol. The average molecular weight is 395 g/mol. The number of nitrogens with two attached hydrogens (primary N) is 2. The minimum atomic E-state index is -0.833. The van der Waals surface area contributed by atoms with Gasteiger partial charge in [-0.25, -0.2) is 0 Å². The summed E-state index contributed by atoms with van der Waals surface area (Å²) in [4.78, 5) is 36.0. The maximum absolute atomic E-state index is 9.00. The van der Waals surface area contributed by atoms with Crippen molar-refractivity contribution in [3.63, 3.8) is 0 Å². The van der Waals surface area contributed by atoms with Crippen molar-refractivity contribution in [3.8, 4) is 0 Å². The Labute approximate surface area is 190 Å².